The third kappa shape index (κ3) is 5.06. The molecule has 208 valence electrons. The van der Waals surface area contributed by atoms with Gasteiger partial charge in [0.05, 0.1) is 26.7 Å². The Hall–Kier alpha value is -2.89. The lowest BCUT2D eigenvalue weighted by molar-refractivity contribution is -0.122. The molecule has 0 aliphatic carbocycles. The first kappa shape index (κ1) is 28.2. The van der Waals surface area contributed by atoms with E-state index in [1.54, 1.807) is 54.6 Å². The Morgan fingerprint density at radius 2 is 1.68 bits per heavy atom. The first-order valence-electron chi connectivity index (χ1n) is 12.5. The number of hydrogen-bond donors (Lipinski definition) is 1. The van der Waals surface area contributed by atoms with E-state index in [1.807, 2.05) is 19.1 Å². The van der Waals surface area contributed by atoms with Gasteiger partial charge in [-0.05, 0) is 55.0 Å². The van der Waals surface area contributed by atoms with Gasteiger partial charge in [0, 0.05) is 21.0 Å². The van der Waals surface area contributed by atoms with Gasteiger partial charge < -0.3 is 5.32 Å². The number of halogens is 3. The molecule has 0 bridgehead atoms. The lowest BCUT2D eigenvalue weighted by Gasteiger charge is -2.31. The van der Waals surface area contributed by atoms with Gasteiger partial charge in [-0.3, -0.25) is 23.7 Å². The molecule has 2 aliphatic rings. The van der Waals surface area contributed by atoms with Crippen LogP contribution < -0.4 is 15.1 Å². The molecule has 3 amide bonds. The van der Waals surface area contributed by atoms with Gasteiger partial charge in [-0.1, -0.05) is 92.1 Å². The molecule has 1 fully saturated rings. The van der Waals surface area contributed by atoms with Crippen molar-refractivity contribution in [1.82, 2.24) is 4.57 Å². The summed E-state index contributed by atoms with van der Waals surface area (Å²) in [4.78, 5) is 55.5. The number of aryl methyl sites for hydroxylation is 1. The maximum Gasteiger partial charge on any atom is 0.308 e. The molecule has 1 N–H and O–H groups in total. The van der Waals surface area contributed by atoms with Crippen molar-refractivity contribution in [2.24, 2.45) is 5.92 Å². The van der Waals surface area contributed by atoms with Gasteiger partial charge in [0.2, 0.25) is 17.7 Å². The van der Waals surface area contributed by atoms with E-state index in [9.17, 15) is 19.2 Å². The number of carbonyl (C=O) groups is 3. The summed E-state index contributed by atoms with van der Waals surface area (Å²) in [7, 11) is 0. The number of thioether (sulfide) groups is 1. The molecule has 1 saturated heterocycles. The highest BCUT2D eigenvalue weighted by atomic mass is 79.9. The minimum absolute atomic E-state index is 0.252. The van der Waals surface area contributed by atoms with Gasteiger partial charge in [0.15, 0.2) is 0 Å². The predicted molar refractivity (Wildman–Crippen MR) is 166 cm³/mol. The SMILES string of the molecule is Cc1ccc(NC(=O)Cn2c3c(sc2=O)[C@@H](c2cccc(Cl)c2Cl)[C@@H]2C(=O)N(c4ccc(Br)cc4)C(=O)[C@@H]2S3)cc1. The van der Waals surface area contributed by atoms with Gasteiger partial charge in [0.1, 0.15) is 11.8 Å². The third-order valence-electron chi connectivity index (χ3n) is 7.09. The largest absolute Gasteiger partial charge is 0.325 e. The molecule has 0 radical (unpaired) electrons. The molecule has 2 aliphatic heterocycles. The summed E-state index contributed by atoms with van der Waals surface area (Å²) < 4.78 is 2.18. The molecular weight excluding hydrogens is 669 g/mol. The Kier molecular flexibility index (Phi) is 7.63. The van der Waals surface area contributed by atoms with Crippen LogP contribution in [0.2, 0.25) is 10.0 Å². The Morgan fingerprint density at radius 1 is 0.976 bits per heavy atom. The number of hydrogen-bond acceptors (Lipinski definition) is 6. The van der Waals surface area contributed by atoms with Crippen molar-refractivity contribution >= 4 is 91.3 Å². The van der Waals surface area contributed by atoms with E-state index in [0.29, 0.717) is 31.9 Å². The van der Waals surface area contributed by atoms with Crippen LogP contribution in [0.1, 0.15) is 21.9 Å². The first-order valence-corrected chi connectivity index (χ1v) is 15.7. The standard InChI is InChI=1S/C29H20BrCl2N3O4S2/c1-14-5-9-16(10-6-14)33-20(36)13-34-28-25(41-29(34)39)21(18-3-2-4-19(31)23(18)32)22-24(40-28)27(38)35(26(22)37)17-11-7-15(30)8-12-17/h2-12,21-22,24H,13H2,1H3,(H,33,36)/t21-,22-,24+/m0/s1. The summed E-state index contributed by atoms with van der Waals surface area (Å²) in [6, 6.07) is 19.4. The quantitative estimate of drug-likeness (QED) is 0.235. The van der Waals surface area contributed by atoms with Crippen LogP contribution in [0.3, 0.4) is 0 Å². The Morgan fingerprint density at radius 3 is 2.39 bits per heavy atom. The molecular formula is C29H20BrCl2N3O4S2. The molecule has 3 atom stereocenters. The maximum absolute atomic E-state index is 14.0. The lowest BCUT2D eigenvalue weighted by atomic mass is 9.83. The molecule has 12 heteroatoms. The molecule has 0 unspecified atom stereocenters. The molecule has 3 aromatic carbocycles. The van der Waals surface area contributed by atoms with Gasteiger partial charge in [-0.25, -0.2) is 4.90 Å². The van der Waals surface area contributed by atoms with Crippen LogP contribution in [0, 0.1) is 12.8 Å². The maximum atomic E-state index is 14.0. The molecule has 0 spiro atoms. The van der Waals surface area contributed by atoms with Crippen LogP contribution in [0.5, 0.6) is 0 Å². The van der Waals surface area contributed by atoms with Gasteiger partial charge >= 0.3 is 4.87 Å². The van der Waals surface area contributed by atoms with Gasteiger partial charge in [-0.2, -0.15) is 0 Å². The van der Waals surface area contributed by atoms with E-state index in [0.717, 1.165) is 33.1 Å². The fourth-order valence-electron chi connectivity index (χ4n) is 5.18. The number of aromatic nitrogens is 1. The predicted octanol–water partition coefficient (Wildman–Crippen LogP) is 6.72. The number of amides is 3. The zero-order valence-corrected chi connectivity index (χ0v) is 26.0. The van der Waals surface area contributed by atoms with E-state index in [-0.39, 0.29) is 28.3 Å². The van der Waals surface area contributed by atoms with Crippen LogP contribution in [0.4, 0.5) is 11.4 Å². The minimum Gasteiger partial charge on any atom is -0.325 e. The molecule has 7 nitrogen and oxygen atoms in total. The molecule has 4 aromatic rings. The summed E-state index contributed by atoms with van der Waals surface area (Å²) in [5.41, 5.74) is 2.66. The van der Waals surface area contributed by atoms with Crippen molar-refractivity contribution in [3.63, 3.8) is 0 Å². The third-order valence-corrected chi connectivity index (χ3v) is 11.1. The average molecular weight is 689 g/mol. The fourth-order valence-corrected chi connectivity index (χ4v) is 8.63. The smallest absolute Gasteiger partial charge is 0.308 e. The van der Waals surface area contributed by atoms with E-state index < -0.39 is 23.0 Å². The van der Waals surface area contributed by atoms with E-state index >= 15 is 0 Å². The van der Waals surface area contributed by atoms with Crippen LogP contribution in [0.25, 0.3) is 0 Å². The molecule has 1 aromatic heterocycles. The van der Waals surface area contributed by atoms with Crippen molar-refractivity contribution in [2.45, 2.75) is 29.7 Å². The van der Waals surface area contributed by atoms with Crippen molar-refractivity contribution in [3.8, 4) is 0 Å². The number of imide groups is 1. The molecule has 0 saturated carbocycles. The number of nitrogens with one attached hydrogen (secondary N) is 1. The van der Waals surface area contributed by atoms with Crippen molar-refractivity contribution in [1.29, 1.82) is 0 Å². The minimum atomic E-state index is -0.834. The number of fused-ring (bicyclic) bond motifs is 2. The fraction of sp³-hybridized carbons (Fsp3) is 0.172. The highest BCUT2D eigenvalue weighted by molar-refractivity contribution is 9.10. The summed E-state index contributed by atoms with van der Waals surface area (Å²) >= 11 is 18.5. The van der Waals surface area contributed by atoms with Crippen molar-refractivity contribution in [2.75, 3.05) is 10.2 Å². The van der Waals surface area contributed by atoms with E-state index in [4.69, 9.17) is 23.2 Å². The second kappa shape index (κ2) is 11.1. The summed E-state index contributed by atoms with van der Waals surface area (Å²) in [5, 5.41) is 3.01. The summed E-state index contributed by atoms with van der Waals surface area (Å²) in [6.45, 7) is 1.69. The molecule has 3 heterocycles. The second-order valence-corrected chi connectivity index (χ2v) is 13.5. The number of anilines is 2. The summed E-state index contributed by atoms with van der Waals surface area (Å²) in [6.07, 6.45) is 0. The van der Waals surface area contributed by atoms with Gasteiger partial charge in [-0.15, -0.1) is 0 Å². The normalized spacial score (nSPS) is 19.7. The summed E-state index contributed by atoms with van der Waals surface area (Å²) in [5.74, 6) is -2.70. The zero-order valence-electron chi connectivity index (χ0n) is 21.3. The van der Waals surface area contributed by atoms with Gasteiger partial charge in [0.25, 0.3) is 0 Å². The number of thiazole rings is 1. The number of nitrogens with zero attached hydrogens (tertiary/aromatic N) is 2. The molecule has 6 rings (SSSR count). The monoisotopic (exact) mass is 687 g/mol. The molecule has 41 heavy (non-hydrogen) atoms. The number of carbonyl (C=O) groups excluding carboxylic acids is 3. The topological polar surface area (TPSA) is 88.5 Å². The van der Waals surface area contributed by atoms with Crippen molar-refractivity contribution < 1.29 is 14.4 Å². The second-order valence-electron chi connectivity index (χ2n) is 9.71. The highest BCUT2D eigenvalue weighted by Gasteiger charge is 2.57. The first-order chi connectivity index (χ1) is 19.6. The average Bonchev–Trinajstić information content (AvgIpc) is 3.38. The Balaban J connectivity index is 1.43. The highest BCUT2D eigenvalue weighted by Crippen LogP contribution is 2.55. The van der Waals surface area contributed by atoms with E-state index in [1.165, 1.54) is 9.47 Å². The van der Waals surface area contributed by atoms with Crippen LogP contribution in [-0.4, -0.2) is 27.5 Å². The van der Waals surface area contributed by atoms with Crippen LogP contribution in [0.15, 0.2) is 81.0 Å². The Bertz CT molecular complexity index is 1770. The number of rotatable bonds is 5. The number of benzene rings is 3. The van der Waals surface area contributed by atoms with Crippen LogP contribution in [-0.2, 0) is 20.9 Å². The van der Waals surface area contributed by atoms with Crippen molar-refractivity contribution in [3.05, 3.63) is 107 Å². The lowest BCUT2D eigenvalue weighted by Crippen LogP contribution is -2.33. The van der Waals surface area contributed by atoms with E-state index in [2.05, 4.69) is 21.2 Å². The van der Waals surface area contributed by atoms with Crippen LogP contribution >= 0.6 is 62.2 Å². The zero-order chi connectivity index (χ0) is 29.0. The Labute approximate surface area is 261 Å².